The summed E-state index contributed by atoms with van der Waals surface area (Å²) in [6, 6.07) is 0. The van der Waals surface area contributed by atoms with Crippen LogP contribution in [0.1, 0.15) is 51.9 Å². The third-order valence-corrected chi connectivity index (χ3v) is 4.86. The second-order valence-corrected chi connectivity index (χ2v) is 6.53. The van der Waals surface area contributed by atoms with Gasteiger partial charge in [-0.3, -0.25) is 0 Å². The van der Waals surface area contributed by atoms with Crippen LogP contribution in [0.5, 0.6) is 0 Å². The molecule has 0 heterocycles. The summed E-state index contributed by atoms with van der Waals surface area (Å²) in [5.41, 5.74) is 7.18. The van der Waals surface area contributed by atoms with E-state index in [0.29, 0.717) is 5.54 Å². The van der Waals surface area contributed by atoms with Crippen LogP contribution < -0.4 is 11.1 Å². The number of hydrogen-bond donors (Lipinski definition) is 2. The molecule has 0 aromatic carbocycles. The molecule has 0 aromatic rings. The van der Waals surface area contributed by atoms with Crippen LogP contribution in [-0.4, -0.2) is 17.6 Å². The van der Waals surface area contributed by atoms with Gasteiger partial charge in [-0.25, -0.2) is 0 Å². The molecule has 2 atom stereocenters. The standard InChI is InChI=1S/C13H24N2/c1-2-3-15-13-7-10-4-11(8-13)6-12(14,5-10)9-13/h10-11,15H,2-9,14H2,1H3. The molecule has 0 aromatic heterocycles. The van der Waals surface area contributed by atoms with Gasteiger partial charge in [0.1, 0.15) is 0 Å². The van der Waals surface area contributed by atoms with Gasteiger partial charge in [0.25, 0.3) is 0 Å². The van der Waals surface area contributed by atoms with Crippen molar-refractivity contribution in [3.05, 3.63) is 0 Å². The molecule has 0 radical (unpaired) electrons. The van der Waals surface area contributed by atoms with Crippen molar-refractivity contribution in [1.29, 1.82) is 0 Å². The lowest BCUT2D eigenvalue weighted by Gasteiger charge is -2.61. The van der Waals surface area contributed by atoms with E-state index < -0.39 is 0 Å². The molecule has 2 unspecified atom stereocenters. The van der Waals surface area contributed by atoms with Crippen molar-refractivity contribution in [1.82, 2.24) is 5.32 Å². The first-order chi connectivity index (χ1) is 7.13. The summed E-state index contributed by atoms with van der Waals surface area (Å²) in [6.45, 7) is 3.43. The number of nitrogens with two attached hydrogens (primary N) is 1. The monoisotopic (exact) mass is 208 g/mol. The van der Waals surface area contributed by atoms with Crippen molar-refractivity contribution in [3.8, 4) is 0 Å². The van der Waals surface area contributed by atoms with E-state index in [2.05, 4.69) is 12.2 Å². The summed E-state index contributed by atoms with van der Waals surface area (Å²) in [5, 5.41) is 3.82. The molecule has 0 amide bonds. The molecule has 4 aliphatic rings. The lowest BCUT2D eigenvalue weighted by Crippen LogP contribution is -2.67. The molecule has 0 saturated heterocycles. The maximum atomic E-state index is 6.54. The van der Waals surface area contributed by atoms with E-state index in [1.54, 1.807) is 0 Å². The van der Waals surface area contributed by atoms with Gasteiger partial charge in [0.15, 0.2) is 0 Å². The van der Waals surface area contributed by atoms with Gasteiger partial charge in [0, 0.05) is 11.1 Å². The molecule has 4 fully saturated rings. The fourth-order valence-corrected chi connectivity index (χ4v) is 4.93. The molecule has 15 heavy (non-hydrogen) atoms. The molecule has 86 valence electrons. The molecule has 4 aliphatic carbocycles. The Balaban J connectivity index is 1.80. The van der Waals surface area contributed by atoms with Crippen LogP contribution in [0.3, 0.4) is 0 Å². The van der Waals surface area contributed by atoms with Gasteiger partial charge in [0.05, 0.1) is 0 Å². The largest absolute Gasteiger partial charge is 0.325 e. The summed E-state index contributed by atoms with van der Waals surface area (Å²) in [4.78, 5) is 0. The van der Waals surface area contributed by atoms with Crippen molar-refractivity contribution in [2.45, 2.75) is 62.9 Å². The van der Waals surface area contributed by atoms with E-state index in [4.69, 9.17) is 5.73 Å². The van der Waals surface area contributed by atoms with Gasteiger partial charge >= 0.3 is 0 Å². The van der Waals surface area contributed by atoms with Gasteiger partial charge in [0.2, 0.25) is 0 Å². The van der Waals surface area contributed by atoms with Crippen molar-refractivity contribution in [3.63, 3.8) is 0 Å². The van der Waals surface area contributed by atoms with E-state index in [9.17, 15) is 0 Å². The van der Waals surface area contributed by atoms with Crippen molar-refractivity contribution >= 4 is 0 Å². The molecule has 0 aliphatic heterocycles. The topological polar surface area (TPSA) is 38.0 Å². The summed E-state index contributed by atoms with van der Waals surface area (Å²) in [7, 11) is 0. The highest BCUT2D eigenvalue weighted by atomic mass is 15.0. The van der Waals surface area contributed by atoms with E-state index >= 15 is 0 Å². The molecule has 4 rings (SSSR count). The van der Waals surface area contributed by atoms with Gasteiger partial charge in [-0.15, -0.1) is 0 Å². The van der Waals surface area contributed by atoms with E-state index in [-0.39, 0.29) is 5.54 Å². The fraction of sp³-hybridized carbons (Fsp3) is 1.00. The zero-order valence-electron chi connectivity index (χ0n) is 9.89. The van der Waals surface area contributed by atoms with Crippen LogP contribution in [-0.2, 0) is 0 Å². The van der Waals surface area contributed by atoms with Crippen molar-refractivity contribution in [2.24, 2.45) is 17.6 Å². The first kappa shape index (κ1) is 10.1. The maximum Gasteiger partial charge on any atom is 0.0204 e. The van der Waals surface area contributed by atoms with Gasteiger partial charge < -0.3 is 11.1 Å². The quantitative estimate of drug-likeness (QED) is 0.745. The highest BCUT2D eigenvalue weighted by molar-refractivity contribution is 5.14. The molecule has 2 nitrogen and oxygen atoms in total. The van der Waals surface area contributed by atoms with Crippen LogP contribution in [0.15, 0.2) is 0 Å². The number of rotatable bonds is 3. The van der Waals surface area contributed by atoms with E-state index in [1.165, 1.54) is 51.5 Å². The van der Waals surface area contributed by atoms with Gasteiger partial charge in [-0.05, 0) is 63.3 Å². The van der Waals surface area contributed by atoms with Crippen LogP contribution in [0.25, 0.3) is 0 Å². The Morgan fingerprint density at radius 3 is 2.40 bits per heavy atom. The minimum absolute atomic E-state index is 0.199. The first-order valence-corrected chi connectivity index (χ1v) is 6.67. The molecule has 4 bridgehead atoms. The smallest absolute Gasteiger partial charge is 0.0204 e. The van der Waals surface area contributed by atoms with Crippen molar-refractivity contribution < 1.29 is 0 Å². The molecular formula is C13H24N2. The third-order valence-electron chi connectivity index (χ3n) is 4.86. The first-order valence-electron chi connectivity index (χ1n) is 6.67. The fourth-order valence-electron chi connectivity index (χ4n) is 4.93. The molecular weight excluding hydrogens is 184 g/mol. The summed E-state index contributed by atoms with van der Waals surface area (Å²) in [5.74, 6) is 1.86. The zero-order chi connectivity index (χ0) is 10.5. The highest BCUT2D eigenvalue weighted by Gasteiger charge is 2.55. The Morgan fingerprint density at radius 2 is 1.87 bits per heavy atom. The second kappa shape index (κ2) is 3.21. The summed E-state index contributed by atoms with van der Waals surface area (Å²) >= 11 is 0. The Kier molecular flexibility index (Phi) is 2.16. The molecule has 4 saturated carbocycles. The van der Waals surface area contributed by atoms with Crippen LogP contribution >= 0.6 is 0 Å². The number of nitrogens with one attached hydrogen (secondary N) is 1. The average Bonchev–Trinajstić information content (AvgIpc) is 2.10. The molecule has 3 N–H and O–H groups in total. The lowest BCUT2D eigenvalue weighted by molar-refractivity contribution is -0.0353. The Bertz CT molecular complexity index is 247. The third kappa shape index (κ3) is 1.62. The molecule has 2 heteroatoms. The summed E-state index contributed by atoms with van der Waals surface area (Å²) < 4.78 is 0. The van der Waals surface area contributed by atoms with Crippen molar-refractivity contribution in [2.75, 3.05) is 6.54 Å². The highest BCUT2D eigenvalue weighted by Crippen LogP contribution is 2.56. The Hall–Kier alpha value is -0.0800. The predicted molar refractivity (Wildman–Crippen MR) is 62.6 cm³/mol. The van der Waals surface area contributed by atoms with Crippen LogP contribution in [0.2, 0.25) is 0 Å². The SMILES string of the molecule is CCCNC12CC3CC(CC(N)(C3)C1)C2. The second-order valence-electron chi connectivity index (χ2n) is 6.53. The average molecular weight is 208 g/mol. The minimum atomic E-state index is 0.199. The summed E-state index contributed by atoms with van der Waals surface area (Å²) in [6.07, 6.45) is 9.37. The van der Waals surface area contributed by atoms with Gasteiger partial charge in [-0.1, -0.05) is 6.92 Å². The van der Waals surface area contributed by atoms with E-state index in [1.807, 2.05) is 0 Å². The lowest BCUT2D eigenvalue weighted by atomic mass is 9.50. The Morgan fingerprint density at radius 1 is 1.20 bits per heavy atom. The number of hydrogen-bond acceptors (Lipinski definition) is 2. The maximum absolute atomic E-state index is 6.54. The predicted octanol–water partition coefficient (Wildman–Crippen LogP) is 2.04. The minimum Gasteiger partial charge on any atom is -0.325 e. The molecule has 0 spiro atoms. The van der Waals surface area contributed by atoms with Crippen LogP contribution in [0, 0.1) is 11.8 Å². The van der Waals surface area contributed by atoms with Gasteiger partial charge in [-0.2, -0.15) is 0 Å². The normalized spacial score (nSPS) is 52.4. The Labute approximate surface area is 93.0 Å². The van der Waals surface area contributed by atoms with Crippen LogP contribution in [0.4, 0.5) is 0 Å². The van der Waals surface area contributed by atoms with E-state index in [0.717, 1.165) is 11.8 Å². The zero-order valence-corrected chi connectivity index (χ0v) is 9.89.